The van der Waals surface area contributed by atoms with Crippen LogP contribution in [-0.4, -0.2) is 61.0 Å². The van der Waals surface area contributed by atoms with Crippen molar-refractivity contribution in [3.05, 3.63) is 0 Å². The summed E-state index contributed by atoms with van der Waals surface area (Å²) in [6, 6.07) is 0.650. The average molecular weight is 284 g/mol. The van der Waals surface area contributed by atoms with Gasteiger partial charge in [-0.15, -0.1) is 0 Å². The van der Waals surface area contributed by atoms with Crippen molar-refractivity contribution in [2.24, 2.45) is 0 Å². The van der Waals surface area contributed by atoms with Crippen molar-refractivity contribution in [3.8, 4) is 0 Å². The van der Waals surface area contributed by atoms with E-state index in [9.17, 15) is 5.11 Å². The topological polar surface area (TPSA) is 44.7 Å². The molecule has 3 unspecified atom stereocenters. The van der Waals surface area contributed by atoms with Gasteiger partial charge in [0.15, 0.2) is 0 Å². The van der Waals surface area contributed by atoms with Crippen LogP contribution < -0.4 is 5.32 Å². The molecule has 0 aromatic heterocycles. The van der Waals surface area contributed by atoms with Crippen molar-refractivity contribution >= 4 is 0 Å². The van der Waals surface area contributed by atoms with Crippen LogP contribution in [0.1, 0.15) is 51.9 Å². The highest BCUT2D eigenvalue weighted by atomic mass is 16.5. The molecule has 4 heteroatoms. The van der Waals surface area contributed by atoms with E-state index in [4.69, 9.17) is 4.74 Å². The lowest BCUT2D eigenvalue weighted by Crippen LogP contribution is -2.53. The zero-order valence-corrected chi connectivity index (χ0v) is 13.2. The highest BCUT2D eigenvalue weighted by Gasteiger charge is 2.34. The molecule has 0 aromatic carbocycles. The third-order valence-electron chi connectivity index (χ3n) is 5.46. The summed E-state index contributed by atoms with van der Waals surface area (Å²) in [6.07, 6.45) is 8.89. The van der Waals surface area contributed by atoms with Crippen LogP contribution in [0.25, 0.3) is 0 Å². The molecular formula is C16H32N2O2. The van der Waals surface area contributed by atoms with Gasteiger partial charge in [-0.1, -0.05) is 19.8 Å². The number of likely N-dealkylation sites (N-methyl/N-ethyl adjacent to an activating group) is 1. The average Bonchev–Trinajstić information content (AvgIpc) is 2.52. The molecule has 118 valence electrons. The lowest BCUT2D eigenvalue weighted by atomic mass is 9.88. The largest absolute Gasteiger partial charge is 0.394 e. The molecule has 1 saturated carbocycles. The fourth-order valence-corrected chi connectivity index (χ4v) is 3.82. The molecule has 1 aliphatic carbocycles. The molecule has 2 aliphatic rings. The summed E-state index contributed by atoms with van der Waals surface area (Å²) in [4.78, 5) is 2.64. The molecule has 0 amide bonds. The second kappa shape index (κ2) is 7.74. The SMILES string of the molecule is CCC(CO)(CCCN1CCOC2CCCCC21)NC. The van der Waals surface area contributed by atoms with Crippen molar-refractivity contribution in [2.75, 3.05) is 33.4 Å². The maximum atomic E-state index is 9.60. The fourth-order valence-electron chi connectivity index (χ4n) is 3.82. The number of ether oxygens (including phenoxy) is 1. The number of hydrogen-bond acceptors (Lipinski definition) is 4. The summed E-state index contributed by atoms with van der Waals surface area (Å²) in [5, 5.41) is 12.9. The first kappa shape index (κ1) is 16.2. The Hall–Kier alpha value is -0.160. The summed E-state index contributed by atoms with van der Waals surface area (Å²) in [5.41, 5.74) is -0.0851. The van der Waals surface area contributed by atoms with Gasteiger partial charge in [0.1, 0.15) is 0 Å². The van der Waals surface area contributed by atoms with E-state index in [0.29, 0.717) is 12.1 Å². The Balaban J connectivity index is 1.80. The second-order valence-electron chi connectivity index (χ2n) is 6.44. The molecule has 3 atom stereocenters. The van der Waals surface area contributed by atoms with E-state index in [1.807, 2.05) is 7.05 Å². The molecule has 20 heavy (non-hydrogen) atoms. The van der Waals surface area contributed by atoms with Gasteiger partial charge in [-0.2, -0.15) is 0 Å². The summed E-state index contributed by atoms with van der Waals surface area (Å²) >= 11 is 0. The summed E-state index contributed by atoms with van der Waals surface area (Å²) < 4.78 is 5.93. The number of rotatable bonds is 7. The lowest BCUT2D eigenvalue weighted by molar-refractivity contribution is -0.0887. The Labute approximate surface area is 123 Å². The van der Waals surface area contributed by atoms with Crippen molar-refractivity contribution < 1.29 is 9.84 Å². The summed E-state index contributed by atoms with van der Waals surface area (Å²) in [6.45, 7) is 5.51. The number of aliphatic hydroxyl groups excluding tert-OH is 1. The van der Waals surface area contributed by atoms with Gasteiger partial charge in [0, 0.05) is 18.1 Å². The first-order valence-corrected chi connectivity index (χ1v) is 8.40. The zero-order chi connectivity index (χ0) is 14.4. The van der Waals surface area contributed by atoms with Crippen molar-refractivity contribution in [3.63, 3.8) is 0 Å². The van der Waals surface area contributed by atoms with E-state index in [-0.39, 0.29) is 12.1 Å². The van der Waals surface area contributed by atoms with Crippen molar-refractivity contribution in [1.29, 1.82) is 0 Å². The number of nitrogens with zero attached hydrogens (tertiary/aromatic N) is 1. The Bertz CT molecular complexity index is 271. The van der Waals surface area contributed by atoms with E-state index < -0.39 is 0 Å². The fraction of sp³-hybridized carbons (Fsp3) is 1.00. The predicted molar refractivity (Wildman–Crippen MR) is 82.0 cm³/mol. The molecule has 1 aliphatic heterocycles. The van der Waals surface area contributed by atoms with Crippen LogP contribution in [-0.2, 0) is 4.74 Å². The zero-order valence-electron chi connectivity index (χ0n) is 13.2. The molecule has 1 heterocycles. The summed E-state index contributed by atoms with van der Waals surface area (Å²) in [7, 11) is 1.96. The third kappa shape index (κ3) is 3.73. The lowest BCUT2D eigenvalue weighted by Gasteiger charge is -2.44. The quantitative estimate of drug-likeness (QED) is 0.748. The Morgan fingerprint density at radius 3 is 2.85 bits per heavy atom. The predicted octanol–water partition coefficient (Wildman–Crippen LogP) is 1.77. The van der Waals surface area contributed by atoms with E-state index in [1.54, 1.807) is 0 Å². The minimum absolute atomic E-state index is 0.0851. The van der Waals surface area contributed by atoms with Crippen LogP contribution in [0.4, 0.5) is 0 Å². The van der Waals surface area contributed by atoms with E-state index in [2.05, 4.69) is 17.1 Å². The van der Waals surface area contributed by atoms with E-state index >= 15 is 0 Å². The van der Waals surface area contributed by atoms with Crippen LogP contribution in [0.5, 0.6) is 0 Å². The molecule has 2 fully saturated rings. The highest BCUT2D eigenvalue weighted by molar-refractivity contribution is 4.89. The van der Waals surface area contributed by atoms with Gasteiger partial charge in [0.05, 0.1) is 19.3 Å². The Morgan fingerprint density at radius 1 is 1.35 bits per heavy atom. The van der Waals surface area contributed by atoms with Crippen LogP contribution in [0.3, 0.4) is 0 Å². The number of aliphatic hydroxyl groups is 1. The number of morpholine rings is 1. The second-order valence-corrected chi connectivity index (χ2v) is 6.44. The molecule has 4 nitrogen and oxygen atoms in total. The molecule has 2 N–H and O–H groups in total. The van der Waals surface area contributed by atoms with Gasteiger partial charge in [0.25, 0.3) is 0 Å². The van der Waals surface area contributed by atoms with Crippen molar-refractivity contribution in [1.82, 2.24) is 10.2 Å². The number of hydrogen-bond donors (Lipinski definition) is 2. The van der Waals surface area contributed by atoms with Crippen molar-refractivity contribution in [2.45, 2.75) is 69.6 Å². The number of nitrogens with one attached hydrogen (secondary N) is 1. The minimum atomic E-state index is -0.0851. The first-order chi connectivity index (χ1) is 9.74. The van der Waals surface area contributed by atoms with Crippen LogP contribution in [0.2, 0.25) is 0 Å². The summed E-state index contributed by atoms with van der Waals surface area (Å²) in [5.74, 6) is 0. The minimum Gasteiger partial charge on any atom is -0.394 e. The third-order valence-corrected chi connectivity index (χ3v) is 5.46. The standard InChI is InChI=1S/C16H32N2O2/c1-3-16(13-19,17-2)9-6-10-18-11-12-20-15-8-5-4-7-14(15)18/h14-15,17,19H,3-13H2,1-2H3. The maximum Gasteiger partial charge on any atom is 0.0730 e. The monoisotopic (exact) mass is 284 g/mol. The molecule has 0 aromatic rings. The van der Waals surface area contributed by atoms with Gasteiger partial charge in [-0.25, -0.2) is 0 Å². The molecule has 0 bridgehead atoms. The van der Waals surface area contributed by atoms with Crippen LogP contribution in [0, 0.1) is 0 Å². The molecule has 0 radical (unpaired) electrons. The Kier molecular flexibility index (Phi) is 6.27. The van der Waals surface area contributed by atoms with E-state index in [1.165, 1.54) is 25.7 Å². The van der Waals surface area contributed by atoms with Crippen LogP contribution >= 0.6 is 0 Å². The molecule has 1 saturated heterocycles. The van der Waals surface area contributed by atoms with Crippen LogP contribution in [0.15, 0.2) is 0 Å². The first-order valence-electron chi connectivity index (χ1n) is 8.40. The molecule has 2 rings (SSSR count). The molecular weight excluding hydrogens is 252 g/mol. The van der Waals surface area contributed by atoms with Gasteiger partial charge in [-0.3, -0.25) is 4.90 Å². The highest BCUT2D eigenvalue weighted by Crippen LogP contribution is 2.29. The van der Waals surface area contributed by atoms with Gasteiger partial charge >= 0.3 is 0 Å². The molecule has 0 spiro atoms. The smallest absolute Gasteiger partial charge is 0.0730 e. The number of fused-ring (bicyclic) bond motifs is 1. The van der Waals surface area contributed by atoms with Gasteiger partial charge in [-0.05, 0) is 45.7 Å². The Morgan fingerprint density at radius 2 is 2.15 bits per heavy atom. The van der Waals surface area contributed by atoms with Gasteiger partial charge in [0.2, 0.25) is 0 Å². The maximum absolute atomic E-state index is 9.60. The van der Waals surface area contributed by atoms with E-state index in [0.717, 1.165) is 39.0 Å². The van der Waals surface area contributed by atoms with Gasteiger partial charge < -0.3 is 15.2 Å². The normalized spacial score (nSPS) is 30.8.